The van der Waals surface area contributed by atoms with Gasteiger partial charge in [0.2, 0.25) is 28.6 Å². The highest BCUT2D eigenvalue weighted by Gasteiger charge is 2.38. The highest BCUT2D eigenvalue weighted by molar-refractivity contribution is 6.14. The molecule has 26 nitrogen and oxygen atoms in total. The van der Waals surface area contributed by atoms with Crippen LogP contribution in [0.25, 0.3) is 110 Å². The average molecular weight is 1790 g/mol. The van der Waals surface area contributed by atoms with E-state index in [1.807, 2.05) is 162 Å². The molecule has 5 aromatic carbocycles. The number of nitrogens with zero attached hydrogens (tertiary/aromatic N) is 21. The number of hydrogen-bond acceptors (Lipinski definition) is 26. The van der Waals surface area contributed by atoms with Crippen LogP contribution >= 0.6 is 0 Å². The first-order valence-corrected chi connectivity index (χ1v) is 46.5. The highest BCUT2D eigenvalue weighted by Crippen LogP contribution is 2.52. The van der Waals surface area contributed by atoms with Gasteiger partial charge in [0.25, 0.3) is 0 Å². The lowest BCUT2D eigenvalue weighted by atomic mass is 10.1. The van der Waals surface area contributed by atoms with Crippen LogP contribution in [0.4, 0.5) is 86.1 Å². The van der Waals surface area contributed by atoms with Crippen molar-refractivity contribution in [3.63, 3.8) is 0 Å². The third kappa shape index (κ3) is 16.4. The molecule has 20 aromatic rings. The maximum absolute atomic E-state index is 6.20. The van der Waals surface area contributed by atoms with E-state index in [-0.39, 0.29) is 0 Å². The molecule has 0 radical (unpaired) electrons. The summed E-state index contributed by atoms with van der Waals surface area (Å²) in [7, 11) is 6.15. The van der Waals surface area contributed by atoms with Crippen molar-refractivity contribution in [3.8, 4) is 0 Å². The van der Waals surface area contributed by atoms with Crippen LogP contribution in [0.3, 0.4) is 0 Å². The molecule has 0 bridgehead atoms. The second-order valence-electron chi connectivity index (χ2n) is 32.5. The van der Waals surface area contributed by atoms with E-state index >= 15 is 0 Å². The number of hydrogen-bond donors (Lipinski definition) is 0. The summed E-state index contributed by atoms with van der Waals surface area (Å²) < 4.78 is 30.8. The fraction of sp³-hybridized carbons (Fsp3) is 0.269. The molecular weight excluding hydrogens is 1670 g/mol. The van der Waals surface area contributed by atoms with E-state index in [0.29, 0.717) is 47.3 Å². The van der Waals surface area contributed by atoms with Gasteiger partial charge in [-0.1, -0.05) is 130 Å². The van der Waals surface area contributed by atoms with Crippen LogP contribution in [0.15, 0.2) is 260 Å². The van der Waals surface area contributed by atoms with E-state index in [2.05, 4.69) is 289 Å². The first-order valence-electron chi connectivity index (χ1n) is 46.5. The zero-order chi connectivity index (χ0) is 94.4. The van der Waals surface area contributed by atoms with Gasteiger partial charge < -0.3 is 71.1 Å². The lowest BCUT2D eigenvalue weighted by Crippen LogP contribution is -2.34. The summed E-state index contributed by atoms with van der Waals surface area (Å²) in [6.45, 7) is 43.1. The van der Waals surface area contributed by atoms with Crippen molar-refractivity contribution in [3.05, 3.63) is 266 Å². The Kier molecular flexibility index (Phi) is 27.2. The van der Waals surface area contributed by atoms with Crippen molar-refractivity contribution in [1.29, 1.82) is 0 Å². The standard InChI is InChI=1S/2C21H20N4O.2C19H16N4O.C18H15N5O.5C2H6/c1-13(2)24-12-25(17-7-5-10-22-20(17)24)18-14(3)8-9-15-16-6-4-11-23-21(16)26-19(15)18;1-13(2)24-12-25(20-17(24)7-5-10-22-20)18-14(3)8-9-15-16-6-4-11-23-21(16)26-19(15)18;1-12-7-8-13-14-5-3-10-21-19(14)24-17(13)16(12)23-11-22(2)18-15(23)6-4-9-20-18;1-12-7-8-13-14-5-3-10-21-19(14)24-17(13)16(12)23-11-22(2)15-6-4-9-20-18(15)23;1-11-5-6-12-13-4-3-7-21-18(13)24-15(12)14(11)23-10-22(2)16-17(23)20-9-8-19-16;5*1-2/h2*4-11,13H,12H2,1-3H3;2*3-10H,11H2,1-2H3;3-9H,10H2,1-2H3;5*1-2H3. The number of rotatable bonds is 7. The van der Waals surface area contributed by atoms with Crippen LogP contribution in [0.5, 0.6) is 0 Å². The molecule has 684 valence electrons. The Morgan fingerprint density at radius 1 is 0.216 bits per heavy atom. The van der Waals surface area contributed by atoms with Crippen molar-refractivity contribution >= 4 is 196 Å². The molecule has 0 saturated heterocycles. The SMILES string of the molecule is CC.CC.CC.CC.CC.Cc1ccc2c(oc3ncccc32)c1N1CN(C(C)C)c2cccnc21.Cc1ccc2c(oc3ncccc32)c1N1CN(C(C)C)c2ncccc21.Cc1ccc2c(oc3ncccc32)c1N1CN(C)c2cccnc21.Cc1ccc2c(oc3ncccc32)c1N1CN(C)c2ncccc21.Cc1ccc2c(oc3ncccc32)c1N1CN(C)c2nccnc21. The van der Waals surface area contributed by atoms with E-state index in [4.69, 9.17) is 22.1 Å². The first kappa shape index (κ1) is 91.8. The van der Waals surface area contributed by atoms with E-state index in [9.17, 15) is 0 Å². The van der Waals surface area contributed by atoms with Crippen molar-refractivity contribution in [2.75, 3.05) is 103 Å². The molecule has 20 heterocycles. The van der Waals surface area contributed by atoms with Crippen LogP contribution in [0.1, 0.15) is 125 Å². The summed E-state index contributed by atoms with van der Waals surface area (Å²) in [6.07, 6.45) is 19.6. The summed E-state index contributed by atoms with van der Waals surface area (Å²) in [6, 6.07) is 58.4. The Morgan fingerprint density at radius 2 is 0.463 bits per heavy atom. The predicted molar refractivity (Wildman–Crippen MR) is 552 cm³/mol. The zero-order valence-electron chi connectivity index (χ0n) is 80.6. The maximum atomic E-state index is 6.20. The minimum atomic E-state index is 0.366. The highest BCUT2D eigenvalue weighted by atomic mass is 16.4. The molecule has 0 aliphatic carbocycles. The molecule has 0 amide bonds. The van der Waals surface area contributed by atoms with Gasteiger partial charge in [0.1, 0.15) is 0 Å². The summed E-state index contributed by atoms with van der Waals surface area (Å²) >= 11 is 0. The minimum absolute atomic E-state index is 0.366. The van der Waals surface area contributed by atoms with Crippen LogP contribution in [-0.4, -0.2) is 121 Å². The third-order valence-electron chi connectivity index (χ3n) is 24.0. The molecule has 0 fully saturated rings. The third-order valence-corrected chi connectivity index (χ3v) is 24.0. The fourth-order valence-electron chi connectivity index (χ4n) is 18.1. The van der Waals surface area contributed by atoms with Gasteiger partial charge >= 0.3 is 0 Å². The summed E-state index contributed by atoms with van der Waals surface area (Å²) in [5.74, 6) is 5.68. The molecule has 0 saturated carbocycles. The first-order chi connectivity index (χ1) is 65.5. The smallest absolute Gasteiger partial charge is 0.227 e. The van der Waals surface area contributed by atoms with Crippen LogP contribution in [0, 0.1) is 34.6 Å². The van der Waals surface area contributed by atoms with Crippen LogP contribution in [0.2, 0.25) is 0 Å². The lowest BCUT2D eigenvalue weighted by Gasteiger charge is -2.25. The molecular formula is C108H117N21O5. The Hall–Kier alpha value is -15.5. The fourth-order valence-corrected chi connectivity index (χ4v) is 18.1. The van der Waals surface area contributed by atoms with E-state index in [0.717, 1.165) is 206 Å². The monoisotopic (exact) mass is 1790 g/mol. The number of benzene rings is 5. The molecule has 0 unspecified atom stereocenters. The number of furan rings is 5. The number of pyridine rings is 9. The molecule has 5 aliphatic heterocycles. The summed E-state index contributed by atoms with van der Waals surface area (Å²) in [5.41, 5.74) is 23.4. The van der Waals surface area contributed by atoms with Crippen molar-refractivity contribution in [2.45, 2.75) is 144 Å². The van der Waals surface area contributed by atoms with Crippen molar-refractivity contribution in [2.24, 2.45) is 0 Å². The molecule has 25 rings (SSSR count). The van der Waals surface area contributed by atoms with E-state index in [1.54, 1.807) is 43.4 Å². The quantitative estimate of drug-likeness (QED) is 0.144. The minimum Gasteiger partial charge on any atom is -0.435 e. The lowest BCUT2D eigenvalue weighted by molar-refractivity contribution is 0.650. The van der Waals surface area contributed by atoms with Gasteiger partial charge in [0.05, 0.1) is 84.5 Å². The van der Waals surface area contributed by atoms with Gasteiger partial charge in [-0.15, -0.1) is 0 Å². The Bertz CT molecular complexity index is 6990. The second kappa shape index (κ2) is 39.7. The molecule has 0 spiro atoms. The molecule has 0 atom stereocenters. The van der Waals surface area contributed by atoms with Gasteiger partial charge in [-0.3, -0.25) is 0 Å². The zero-order valence-corrected chi connectivity index (χ0v) is 80.6. The number of fused-ring (bicyclic) bond motifs is 20. The Labute approximate surface area is 781 Å². The number of anilines is 15. The van der Waals surface area contributed by atoms with Crippen LogP contribution < -0.4 is 49.0 Å². The van der Waals surface area contributed by atoms with Gasteiger partial charge in [0, 0.05) is 155 Å². The van der Waals surface area contributed by atoms with E-state index < -0.39 is 0 Å². The number of aromatic nitrogens is 11. The molecule has 5 aliphatic rings. The normalized spacial score (nSPS) is 13.1. The average Bonchev–Trinajstić information content (AvgIpc) is 1.62. The van der Waals surface area contributed by atoms with Gasteiger partial charge in [0.15, 0.2) is 62.8 Å². The van der Waals surface area contributed by atoms with Crippen molar-refractivity contribution in [1.82, 2.24) is 54.8 Å². The van der Waals surface area contributed by atoms with Crippen LogP contribution in [-0.2, 0) is 0 Å². The van der Waals surface area contributed by atoms with Gasteiger partial charge in [-0.25, -0.2) is 54.8 Å². The number of aryl methyl sites for hydroxylation is 5. The Balaban J connectivity index is 0.000000119. The summed E-state index contributed by atoms with van der Waals surface area (Å²) in [4.78, 5) is 71.6. The molecule has 134 heavy (non-hydrogen) atoms. The van der Waals surface area contributed by atoms with Gasteiger partial charge in [-0.2, -0.15) is 0 Å². The van der Waals surface area contributed by atoms with E-state index in [1.165, 1.54) is 16.7 Å². The van der Waals surface area contributed by atoms with Gasteiger partial charge in [-0.05, 0) is 199 Å². The Morgan fingerprint density at radius 3 is 0.836 bits per heavy atom. The molecule has 26 heteroatoms. The maximum Gasteiger partial charge on any atom is 0.227 e. The summed E-state index contributed by atoms with van der Waals surface area (Å²) in [5, 5.41) is 10.7. The topological polar surface area (TPSA) is 240 Å². The largest absolute Gasteiger partial charge is 0.435 e. The molecule has 0 N–H and O–H groups in total. The van der Waals surface area contributed by atoms with Crippen molar-refractivity contribution < 1.29 is 22.1 Å². The second-order valence-corrected chi connectivity index (χ2v) is 32.5. The predicted octanol–water partition coefficient (Wildman–Crippen LogP) is 27.2. The molecule has 15 aromatic heterocycles.